The minimum Gasteiger partial charge on any atom is -0.508 e. The summed E-state index contributed by atoms with van der Waals surface area (Å²) in [5.41, 5.74) is 13.0. The fraction of sp³-hybridized carbons (Fsp3) is 0.455. The predicted molar refractivity (Wildman–Crippen MR) is 56.8 cm³/mol. The number of phenols is 1. The van der Waals surface area contributed by atoms with Crippen molar-refractivity contribution in [3.63, 3.8) is 0 Å². The second-order valence-electron chi connectivity index (χ2n) is 4.04. The molecule has 1 aliphatic carbocycles. The second-order valence-corrected chi connectivity index (χ2v) is 4.04. The van der Waals surface area contributed by atoms with E-state index >= 15 is 0 Å². The lowest BCUT2D eigenvalue weighted by molar-refractivity contribution is 0.260. The molecule has 0 aliphatic heterocycles. The van der Waals surface area contributed by atoms with Gasteiger partial charge >= 0.3 is 0 Å². The number of hydrogen-bond acceptors (Lipinski definition) is 3. The molecule has 0 radical (unpaired) electrons. The van der Waals surface area contributed by atoms with Crippen molar-refractivity contribution in [2.75, 3.05) is 5.73 Å². The zero-order valence-electron chi connectivity index (χ0n) is 8.11. The fourth-order valence-corrected chi connectivity index (χ4v) is 1.90. The number of nitrogen functional groups attached to an aromatic ring is 1. The third kappa shape index (κ3) is 1.55. The maximum Gasteiger partial charge on any atom is 0.122 e. The van der Waals surface area contributed by atoms with E-state index in [-0.39, 0.29) is 11.8 Å². The van der Waals surface area contributed by atoms with Crippen LogP contribution in [0.25, 0.3) is 0 Å². The predicted octanol–water partition coefficient (Wildman–Crippen LogP) is 1.77. The largest absolute Gasteiger partial charge is 0.508 e. The van der Waals surface area contributed by atoms with Crippen LogP contribution < -0.4 is 11.5 Å². The molecule has 0 aromatic heterocycles. The first kappa shape index (κ1) is 9.34. The minimum atomic E-state index is -0.0376. The van der Waals surface area contributed by atoms with Crippen molar-refractivity contribution < 1.29 is 5.11 Å². The van der Waals surface area contributed by atoms with Crippen molar-refractivity contribution in [1.82, 2.24) is 0 Å². The van der Waals surface area contributed by atoms with Crippen LogP contribution in [-0.4, -0.2) is 5.11 Å². The van der Waals surface area contributed by atoms with E-state index < -0.39 is 0 Å². The number of phenolic OH excluding ortho intramolecular Hbond substituents is 1. The molecule has 1 aromatic rings. The van der Waals surface area contributed by atoms with Gasteiger partial charge in [0, 0.05) is 23.4 Å². The molecule has 1 fully saturated rings. The molecule has 14 heavy (non-hydrogen) atoms. The third-order valence-electron chi connectivity index (χ3n) is 3.07. The fourth-order valence-electron chi connectivity index (χ4n) is 1.90. The van der Waals surface area contributed by atoms with Crippen LogP contribution in [0.3, 0.4) is 0 Å². The van der Waals surface area contributed by atoms with Crippen LogP contribution in [0.5, 0.6) is 5.75 Å². The minimum absolute atomic E-state index is 0.0376. The van der Waals surface area contributed by atoms with Gasteiger partial charge in [0.1, 0.15) is 5.75 Å². The molecule has 1 atom stereocenters. The summed E-state index contributed by atoms with van der Waals surface area (Å²) < 4.78 is 0. The van der Waals surface area contributed by atoms with Gasteiger partial charge in [-0.15, -0.1) is 0 Å². The lowest BCUT2D eigenvalue weighted by Crippen LogP contribution is -2.26. The quantitative estimate of drug-likeness (QED) is 0.625. The summed E-state index contributed by atoms with van der Waals surface area (Å²) in [5, 5.41) is 9.67. The van der Waals surface area contributed by atoms with Gasteiger partial charge in [0.25, 0.3) is 0 Å². The zero-order chi connectivity index (χ0) is 10.1. The highest BCUT2D eigenvalue weighted by molar-refractivity contribution is 5.48. The number of rotatable bonds is 2. The lowest BCUT2D eigenvalue weighted by Gasteiger charge is -2.31. The maximum atomic E-state index is 9.67. The highest BCUT2D eigenvalue weighted by atomic mass is 16.3. The van der Waals surface area contributed by atoms with Gasteiger partial charge in [0.15, 0.2) is 0 Å². The molecule has 1 unspecified atom stereocenters. The summed E-state index contributed by atoms with van der Waals surface area (Å²) in [4.78, 5) is 0. The highest BCUT2D eigenvalue weighted by Gasteiger charge is 2.26. The van der Waals surface area contributed by atoms with Crippen LogP contribution in [0.15, 0.2) is 18.2 Å². The molecular weight excluding hydrogens is 176 g/mol. The second kappa shape index (κ2) is 3.50. The van der Waals surface area contributed by atoms with Gasteiger partial charge < -0.3 is 16.6 Å². The number of hydrogen-bond donors (Lipinski definition) is 3. The monoisotopic (exact) mass is 192 g/mol. The summed E-state index contributed by atoms with van der Waals surface area (Å²) in [5.74, 6) is 0.758. The molecule has 0 heterocycles. The Morgan fingerprint density at radius 2 is 2.07 bits per heavy atom. The molecule has 2 rings (SSSR count). The molecular formula is C11H16N2O. The molecule has 3 nitrogen and oxygen atoms in total. The van der Waals surface area contributed by atoms with Crippen LogP contribution in [0, 0.1) is 5.92 Å². The molecule has 0 bridgehead atoms. The Morgan fingerprint density at radius 1 is 1.36 bits per heavy atom. The molecule has 1 aromatic carbocycles. The van der Waals surface area contributed by atoms with Crippen molar-refractivity contribution >= 4 is 5.69 Å². The first-order valence-corrected chi connectivity index (χ1v) is 5.02. The normalized spacial score (nSPS) is 18.9. The van der Waals surface area contributed by atoms with E-state index in [0.29, 0.717) is 11.6 Å². The van der Waals surface area contributed by atoms with Gasteiger partial charge in [-0.2, -0.15) is 0 Å². The topological polar surface area (TPSA) is 72.3 Å². The van der Waals surface area contributed by atoms with Gasteiger partial charge in [-0.05, 0) is 24.8 Å². The number of aromatic hydroxyl groups is 1. The average Bonchev–Trinajstić information content (AvgIpc) is 2.00. The van der Waals surface area contributed by atoms with Gasteiger partial charge in [-0.3, -0.25) is 0 Å². The SMILES string of the molecule is Nc1ccc(C(N)C2CCC2)c(O)c1. The smallest absolute Gasteiger partial charge is 0.122 e. The number of anilines is 1. The van der Waals surface area contributed by atoms with Gasteiger partial charge in [0.05, 0.1) is 0 Å². The Labute approximate surface area is 83.7 Å². The van der Waals surface area contributed by atoms with Crippen LogP contribution in [0.4, 0.5) is 5.69 Å². The molecule has 0 saturated heterocycles. The van der Waals surface area contributed by atoms with E-state index in [1.807, 2.05) is 6.07 Å². The molecule has 3 heteroatoms. The summed E-state index contributed by atoms with van der Waals surface area (Å²) in [7, 11) is 0. The third-order valence-corrected chi connectivity index (χ3v) is 3.07. The first-order chi connectivity index (χ1) is 6.68. The average molecular weight is 192 g/mol. The number of nitrogens with two attached hydrogens (primary N) is 2. The first-order valence-electron chi connectivity index (χ1n) is 5.02. The van der Waals surface area contributed by atoms with Crippen molar-refractivity contribution in [1.29, 1.82) is 0 Å². The van der Waals surface area contributed by atoms with Crippen LogP contribution in [-0.2, 0) is 0 Å². The Hall–Kier alpha value is -1.22. The van der Waals surface area contributed by atoms with Crippen LogP contribution >= 0.6 is 0 Å². The van der Waals surface area contributed by atoms with E-state index in [2.05, 4.69) is 0 Å². The lowest BCUT2D eigenvalue weighted by atomic mass is 9.77. The van der Waals surface area contributed by atoms with E-state index in [1.165, 1.54) is 19.3 Å². The molecule has 0 amide bonds. The summed E-state index contributed by atoms with van der Waals surface area (Å²) in [6.45, 7) is 0. The van der Waals surface area contributed by atoms with Crippen molar-refractivity contribution in [3.05, 3.63) is 23.8 Å². The van der Waals surface area contributed by atoms with E-state index in [1.54, 1.807) is 12.1 Å². The van der Waals surface area contributed by atoms with Gasteiger partial charge in [0.2, 0.25) is 0 Å². The molecule has 5 N–H and O–H groups in total. The Balaban J connectivity index is 2.22. The zero-order valence-corrected chi connectivity index (χ0v) is 8.11. The van der Waals surface area contributed by atoms with Crippen molar-refractivity contribution in [2.24, 2.45) is 11.7 Å². The summed E-state index contributed by atoms with van der Waals surface area (Å²) >= 11 is 0. The van der Waals surface area contributed by atoms with E-state index in [4.69, 9.17) is 11.5 Å². The number of benzene rings is 1. The maximum absolute atomic E-state index is 9.67. The standard InChI is InChI=1S/C11H16N2O/c12-8-4-5-9(10(14)6-8)11(13)7-2-1-3-7/h4-7,11,14H,1-3,12-13H2. The van der Waals surface area contributed by atoms with Gasteiger partial charge in [-0.1, -0.05) is 12.5 Å². The summed E-state index contributed by atoms with van der Waals surface area (Å²) in [6, 6.07) is 5.14. The van der Waals surface area contributed by atoms with E-state index in [9.17, 15) is 5.11 Å². The highest BCUT2D eigenvalue weighted by Crippen LogP contribution is 2.39. The Kier molecular flexibility index (Phi) is 2.33. The van der Waals surface area contributed by atoms with Crippen molar-refractivity contribution in [3.8, 4) is 5.75 Å². The van der Waals surface area contributed by atoms with Crippen molar-refractivity contribution in [2.45, 2.75) is 25.3 Å². The molecule has 76 valence electrons. The molecule has 0 spiro atoms. The molecule has 1 aliphatic rings. The van der Waals surface area contributed by atoms with E-state index in [0.717, 1.165) is 5.56 Å². The van der Waals surface area contributed by atoms with Crippen LogP contribution in [0.1, 0.15) is 30.9 Å². The van der Waals surface area contributed by atoms with Crippen LogP contribution in [0.2, 0.25) is 0 Å². The molecule has 1 saturated carbocycles. The Morgan fingerprint density at radius 3 is 2.57 bits per heavy atom. The Bertz CT molecular complexity index is 334. The van der Waals surface area contributed by atoms with Gasteiger partial charge in [-0.25, -0.2) is 0 Å². The summed E-state index contributed by atoms with van der Waals surface area (Å²) in [6.07, 6.45) is 3.60.